The number of aliphatic imine (C=N–C) groups is 1. The van der Waals surface area contributed by atoms with Crippen LogP contribution in [0.2, 0.25) is 5.15 Å². The molecule has 0 amide bonds. The molecule has 176 valence electrons. The first-order chi connectivity index (χ1) is 16.8. The van der Waals surface area contributed by atoms with E-state index in [2.05, 4.69) is 26.3 Å². The largest absolute Gasteiger partial charge is 0.858 e. The number of nitrogens with zero attached hydrogens (tertiary/aromatic N) is 4. The molecule has 0 fully saturated rings. The van der Waals surface area contributed by atoms with Gasteiger partial charge >= 0.3 is 0 Å². The Balaban J connectivity index is 1.71. The van der Waals surface area contributed by atoms with E-state index in [1.54, 1.807) is 19.2 Å². The highest BCUT2D eigenvalue weighted by atomic mass is 35.5. The van der Waals surface area contributed by atoms with Crippen LogP contribution in [0.4, 0.5) is 11.4 Å². The number of rotatable bonds is 7. The average molecular weight is 485 g/mol. The lowest BCUT2D eigenvalue weighted by Gasteiger charge is -2.20. The van der Waals surface area contributed by atoms with Crippen molar-refractivity contribution >= 4 is 39.9 Å². The maximum Gasteiger partial charge on any atom is 0.130 e. The molecule has 2 heterocycles. The molecule has 0 unspecified atom stereocenters. The number of nitriles is 1. The summed E-state index contributed by atoms with van der Waals surface area (Å²) in [7, 11) is 1.60. The zero-order valence-electron chi connectivity index (χ0n) is 19.5. The molecule has 0 aliphatic carbocycles. The van der Waals surface area contributed by atoms with Crippen molar-refractivity contribution in [2.24, 2.45) is 4.99 Å². The second-order valence-corrected chi connectivity index (χ2v) is 8.84. The Morgan fingerprint density at radius 2 is 1.83 bits per heavy atom. The lowest BCUT2D eigenvalue weighted by Crippen LogP contribution is -2.21. The number of hydrogen-bond donors (Lipinski definition) is 1. The average Bonchev–Trinajstić information content (AvgIpc) is 2.88. The highest BCUT2D eigenvalue weighted by molar-refractivity contribution is 6.30. The molecule has 0 aliphatic rings. The molecule has 0 radical (unpaired) electrons. The molecule has 8 heteroatoms. The minimum atomic E-state index is -0.613. The van der Waals surface area contributed by atoms with Crippen molar-refractivity contribution in [1.82, 2.24) is 9.97 Å². The Morgan fingerprint density at radius 1 is 1.11 bits per heavy atom. The summed E-state index contributed by atoms with van der Waals surface area (Å²) in [6.45, 7) is 3.93. The van der Waals surface area contributed by atoms with Gasteiger partial charge < -0.3 is 15.2 Å². The Morgan fingerprint density at radius 3 is 2.49 bits per heavy atom. The first kappa shape index (κ1) is 24.0. The highest BCUT2D eigenvalue weighted by Gasteiger charge is 2.19. The summed E-state index contributed by atoms with van der Waals surface area (Å²) in [4.78, 5) is 13.1. The first-order valence-electron chi connectivity index (χ1n) is 10.9. The molecule has 1 N–H and O–H groups in total. The molecule has 4 aromatic rings. The van der Waals surface area contributed by atoms with E-state index in [4.69, 9.17) is 16.3 Å². The third-order valence-corrected chi connectivity index (χ3v) is 5.84. The van der Waals surface area contributed by atoms with Crippen molar-refractivity contribution in [2.45, 2.75) is 25.8 Å². The Bertz CT molecular complexity index is 1430. The van der Waals surface area contributed by atoms with E-state index in [1.165, 1.54) is 6.20 Å². The molecule has 7 nitrogen and oxygen atoms in total. The molecule has 2 aromatic heterocycles. The molecular weight excluding hydrogens is 462 g/mol. The van der Waals surface area contributed by atoms with Crippen LogP contribution < -0.4 is 15.2 Å². The van der Waals surface area contributed by atoms with Gasteiger partial charge in [-0.25, -0.2) is 4.98 Å². The van der Waals surface area contributed by atoms with E-state index < -0.39 is 11.3 Å². The van der Waals surface area contributed by atoms with Gasteiger partial charge in [0.2, 0.25) is 0 Å². The fraction of sp³-hybridized carbons (Fsp3) is 0.185. The minimum absolute atomic E-state index is 0.210. The quantitative estimate of drug-likeness (QED) is 0.221. The van der Waals surface area contributed by atoms with Crippen molar-refractivity contribution in [3.05, 3.63) is 88.7 Å². The van der Waals surface area contributed by atoms with Gasteiger partial charge in [0.15, 0.2) is 0 Å². The number of fused-ring (bicyclic) bond motifs is 1. The molecule has 0 spiro atoms. The molecule has 0 atom stereocenters. The first-order valence-corrected chi connectivity index (χ1v) is 11.3. The van der Waals surface area contributed by atoms with Crippen LogP contribution in [0, 0.1) is 11.3 Å². The van der Waals surface area contributed by atoms with E-state index >= 15 is 0 Å². The van der Waals surface area contributed by atoms with Crippen LogP contribution in [0.5, 0.6) is 5.75 Å². The van der Waals surface area contributed by atoms with Crippen LogP contribution >= 0.6 is 11.6 Å². The zero-order chi connectivity index (χ0) is 25.0. The lowest BCUT2D eigenvalue weighted by molar-refractivity contribution is -0.213. The number of halogens is 1. The van der Waals surface area contributed by atoms with Gasteiger partial charge in [0, 0.05) is 17.4 Å². The van der Waals surface area contributed by atoms with Crippen molar-refractivity contribution < 1.29 is 9.84 Å². The van der Waals surface area contributed by atoms with Crippen molar-refractivity contribution in [1.29, 1.82) is 5.26 Å². The number of hydrogen-bond acceptors (Lipinski definition) is 7. The molecule has 0 bridgehead atoms. The standard InChI is InChI=1S/C27H24ClN5O2/c1-27(2,16-29)18-6-8-19(9-7-18)32-24-21(15-30-22-12-13-23(28)33-25(22)24)26(34)31-14-17-4-10-20(35-3)11-5-17/h4-13,15H,14H2,1-3H3,(H,30,32)(H,31,34)/p-1. The number of anilines is 2. The zero-order valence-corrected chi connectivity index (χ0v) is 20.3. The van der Waals surface area contributed by atoms with Crippen LogP contribution in [-0.2, 0) is 12.0 Å². The summed E-state index contributed by atoms with van der Waals surface area (Å²) in [5, 5.41) is 26.1. The monoisotopic (exact) mass is 484 g/mol. The maximum atomic E-state index is 13.1. The van der Waals surface area contributed by atoms with Crippen LogP contribution in [0.1, 0.15) is 30.5 Å². The molecule has 35 heavy (non-hydrogen) atoms. The molecule has 0 saturated carbocycles. The number of nitrogens with one attached hydrogen (secondary N) is 1. The normalized spacial score (nSPS) is 11.8. The van der Waals surface area contributed by atoms with Crippen LogP contribution in [0.3, 0.4) is 0 Å². The van der Waals surface area contributed by atoms with E-state index in [9.17, 15) is 10.4 Å². The van der Waals surface area contributed by atoms with Crippen molar-refractivity contribution in [2.75, 3.05) is 12.4 Å². The molecular formula is C27H23ClN5O2-. The van der Waals surface area contributed by atoms with E-state index in [1.807, 2.05) is 62.4 Å². The smallest absolute Gasteiger partial charge is 0.130 e. The minimum Gasteiger partial charge on any atom is -0.858 e. The Hall–Kier alpha value is -4.15. The fourth-order valence-corrected chi connectivity index (χ4v) is 3.64. The third-order valence-electron chi connectivity index (χ3n) is 5.63. The second kappa shape index (κ2) is 10.00. The number of methoxy groups -OCH3 is 1. The molecule has 2 aromatic carbocycles. The van der Waals surface area contributed by atoms with Crippen molar-refractivity contribution in [3.63, 3.8) is 0 Å². The van der Waals surface area contributed by atoms with Crippen LogP contribution in [0.25, 0.3) is 11.0 Å². The summed E-state index contributed by atoms with van der Waals surface area (Å²) in [5.41, 5.74) is 3.67. The van der Waals surface area contributed by atoms with E-state index in [-0.39, 0.29) is 17.3 Å². The number of benzene rings is 2. The maximum absolute atomic E-state index is 13.1. The van der Waals surface area contributed by atoms with Crippen LogP contribution in [-0.4, -0.2) is 23.0 Å². The van der Waals surface area contributed by atoms with Gasteiger partial charge in [0.1, 0.15) is 16.4 Å². The number of pyridine rings is 2. The highest BCUT2D eigenvalue weighted by Crippen LogP contribution is 2.30. The molecule has 0 saturated heterocycles. The third kappa shape index (κ3) is 5.34. The van der Waals surface area contributed by atoms with Gasteiger partial charge in [-0.15, -0.1) is 0 Å². The molecule has 0 aliphatic heterocycles. The van der Waals surface area contributed by atoms with Gasteiger partial charge in [0.25, 0.3) is 0 Å². The predicted molar refractivity (Wildman–Crippen MR) is 136 cm³/mol. The SMILES string of the molecule is COc1ccc(CN=C([O-])c2cnc3ccc(Cl)nc3c2Nc2ccc(C(C)(C)C#N)cc2)cc1. The van der Waals surface area contributed by atoms with E-state index in [0.717, 1.165) is 22.6 Å². The summed E-state index contributed by atoms with van der Waals surface area (Å²) in [6, 6.07) is 20.5. The predicted octanol–water partition coefficient (Wildman–Crippen LogP) is 5.14. The van der Waals surface area contributed by atoms with Gasteiger partial charge in [-0.1, -0.05) is 35.9 Å². The summed E-state index contributed by atoms with van der Waals surface area (Å²) < 4.78 is 5.17. The fourth-order valence-electron chi connectivity index (χ4n) is 3.49. The summed E-state index contributed by atoms with van der Waals surface area (Å²) in [5.74, 6) is 0.305. The summed E-state index contributed by atoms with van der Waals surface area (Å²) >= 11 is 6.16. The van der Waals surface area contributed by atoms with Gasteiger partial charge in [-0.05, 0) is 67.3 Å². The summed E-state index contributed by atoms with van der Waals surface area (Å²) in [6.07, 6.45) is 1.49. The van der Waals surface area contributed by atoms with Gasteiger partial charge in [0.05, 0.1) is 36.3 Å². The van der Waals surface area contributed by atoms with E-state index in [0.29, 0.717) is 16.7 Å². The topological polar surface area (TPSA) is 106 Å². The molecule has 4 rings (SSSR count). The Kier molecular flexibility index (Phi) is 6.85. The van der Waals surface area contributed by atoms with Crippen molar-refractivity contribution in [3.8, 4) is 11.8 Å². The number of ether oxygens (including phenoxy) is 1. The lowest BCUT2D eigenvalue weighted by atomic mass is 9.86. The van der Waals surface area contributed by atoms with Crippen LogP contribution in [0.15, 0.2) is 71.9 Å². The second-order valence-electron chi connectivity index (χ2n) is 8.46. The Labute approximate surface area is 208 Å². The van der Waals surface area contributed by atoms with Gasteiger partial charge in [-0.3, -0.25) is 9.98 Å². The number of aromatic nitrogens is 2. The van der Waals surface area contributed by atoms with Gasteiger partial charge in [-0.2, -0.15) is 5.26 Å².